The highest BCUT2D eigenvalue weighted by atomic mass is 16.2. The number of hydrogen-bond donors (Lipinski definition) is 0. The molecule has 1 fully saturated rings. The Morgan fingerprint density at radius 2 is 1.89 bits per heavy atom. The molecular weight excluding hydrogens is 228 g/mol. The number of carbonyl (C=O) groups is 2. The molecule has 0 bridgehead atoms. The minimum Gasteiger partial charge on any atom is -0.342 e. The molecule has 96 valence electrons. The fourth-order valence-corrected chi connectivity index (χ4v) is 1.99. The highest BCUT2D eigenvalue weighted by Crippen LogP contribution is 2.13. The van der Waals surface area contributed by atoms with Crippen LogP contribution >= 0.6 is 0 Å². The Labute approximate surface area is 107 Å². The molecule has 1 aromatic carbocycles. The van der Waals surface area contributed by atoms with Gasteiger partial charge in [-0.2, -0.15) is 0 Å². The number of nitrogens with zero attached hydrogens (tertiary/aromatic N) is 2. The number of carbonyl (C=O) groups excluding carboxylic acids is 2. The molecule has 18 heavy (non-hydrogen) atoms. The van der Waals surface area contributed by atoms with Crippen molar-refractivity contribution in [3.05, 3.63) is 34.9 Å². The quantitative estimate of drug-likeness (QED) is 0.747. The van der Waals surface area contributed by atoms with Crippen molar-refractivity contribution in [3.63, 3.8) is 0 Å². The van der Waals surface area contributed by atoms with Crippen molar-refractivity contribution in [2.75, 3.05) is 26.7 Å². The summed E-state index contributed by atoms with van der Waals surface area (Å²) in [6, 6.07) is 5.66. The first-order chi connectivity index (χ1) is 8.49. The van der Waals surface area contributed by atoms with E-state index in [-0.39, 0.29) is 18.4 Å². The first-order valence-corrected chi connectivity index (χ1v) is 6.09. The Hall–Kier alpha value is -1.84. The monoisotopic (exact) mass is 246 g/mol. The molecule has 0 saturated carbocycles. The van der Waals surface area contributed by atoms with Gasteiger partial charge in [-0.25, -0.2) is 0 Å². The molecule has 1 saturated heterocycles. The van der Waals surface area contributed by atoms with E-state index in [2.05, 4.69) is 0 Å². The van der Waals surface area contributed by atoms with Crippen molar-refractivity contribution in [3.8, 4) is 0 Å². The molecule has 1 aliphatic rings. The van der Waals surface area contributed by atoms with E-state index >= 15 is 0 Å². The van der Waals surface area contributed by atoms with E-state index in [4.69, 9.17) is 0 Å². The number of likely N-dealkylation sites (N-methyl/N-ethyl adjacent to an activating group) is 1. The van der Waals surface area contributed by atoms with Gasteiger partial charge in [0, 0.05) is 25.7 Å². The summed E-state index contributed by atoms with van der Waals surface area (Å²) < 4.78 is 0. The lowest BCUT2D eigenvalue weighted by Gasteiger charge is -2.32. The van der Waals surface area contributed by atoms with Gasteiger partial charge in [-0.3, -0.25) is 9.59 Å². The standard InChI is InChI=1S/C14H18N2O2/c1-10-4-5-12(8-11(10)2)14(18)16-7-6-15(3)13(17)9-16/h4-5,8H,6-7,9H2,1-3H3. The normalized spacial score (nSPS) is 16.1. The van der Waals surface area contributed by atoms with Crippen molar-refractivity contribution >= 4 is 11.8 Å². The van der Waals surface area contributed by atoms with Crippen LogP contribution in [0.2, 0.25) is 0 Å². The zero-order valence-electron chi connectivity index (χ0n) is 11.1. The van der Waals surface area contributed by atoms with Crippen molar-refractivity contribution in [1.82, 2.24) is 9.80 Å². The van der Waals surface area contributed by atoms with Crippen molar-refractivity contribution in [2.24, 2.45) is 0 Å². The molecule has 4 heteroatoms. The van der Waals surface area contributed by atoms with Gasteiger partial charge in [0.15, 0.2) is 0 Å². The summed E-state index contributed by atoms with van der Waals surface area (Å²) in [4.78, 5) is 27.1. The molecule has 0 N–H and O–H groups in total. The fourth-order valence-electron chi connectivity index (χ4n) is 1.99. The Bertz CT molecular complexity index is 497. The molecule has 0 atom stereocenters. The van der Waals surface area contributed by atoms with Gasteiger partial charge in [0.1, 0.15) is 6.54 Å². The van der Waals surface area contributed by atoms with Crippen LogP contribution in [-0.4, -0.2) is 48.3 Å². The summed E-state index contributed by atoms with van der Waals surface area (Å²) in [5.41, 5.74) is 2.93. The zero-order valence-corrected chi connectivity index (χ0v) is 11.1. The number of aryl methyl sites for hydroxylation is 2. The lowest BCUT2D eigenvalue weighted by molar-refractivity contribution is -0.133. The van der Waals surface area contributed by atoms with E-state index < -0.39 is 0 Å². The highest BCUT2D eigenvalue weighted by Gasteiger charge is 2.25. The van der Waals surface area contributed by atoms with Gasteiger partial charge in [0.05, 0.1) is 0 Å². The van der Waals surface area contributed by atoms with E-state index in [1.165, 1.54) is 5.56 Å². The maximum absolute atomic E-state index is 12.3. The topological polar surface area (TPSA) is 40.6 Å². The molecule has 0 aliphatic carbocycles. The van der Waals surface area contributed by atoms with Gasteiger partial charge >= 0.3 is 0 Å². The molecule has 4 nitrogen and oxygen atoms in total. The number of piperazine rings is 1. The second kappa shape index (κ2) is 4.80. The summed E-state index contributed by atoms with van der Waals surface area (Å²) in [7, 11) is 1.76. The van der Waals surface area contributed by atoms with Gasteiger partial charge < -0.3 is 9.80 Å². The van der Waals surface area contributed by atoms with Crippen LogP contribution in [0.15, 0.2) is 18.2 Å². The smallest absolute Gasteiger partial charge is 0.254 e. The summed E-state index contributed by atoms with van der Waals surface area (Å²) in [6.07, 6.45) is 0. The molecule has 0 radical (unpaired) electrons. The molecular formula is C14H18N2O2. The molecule has 1 heterocycles. The Kier molecular flexibility index (Phi) is 3.36. The number of hydrogen-bond acceptors (Lipinski definition) is 2. The Morgan fingerprint density at radius 1 is 1.17 bits per heavy atom. The van der Waals surface area contributed by atoms with Gasteiger partial charge in [0.25, 0.3) is 5.91 Å². The van der Waals surface area contributed by atoms with E-state index in [1.807, 2.05) is 32.0 Å². The van der Waals surface area contributed by atoms with Crippen molar-refractivity contribution < 1.29 is 9.59 Å². The molecule has 1 aliphatic heterocycles. The predicted molar refractivity (Wildman–Crippen MR) is 69.5 cm³/mol. The third-order valence-electron chi connectivity index (χ3n) is 3.50. The van der Waals surface area contributed by atoms with Gasteiger partial charge in [0.2, 0.25) is 5.91 Å². The summed E-state index contributed by atoms with van der Waals surface area (Å²) in [5, 5.41) is 0. The maximum Gasteiger partial charge on any atom is 0.254 e. The first kappa shape index (κ1) is 12.6. The van der Waals surface area contributed by atoms with Crippen LogP contribution in [0.1, 0.15) is 21.5 Å². The SMILES string of the molecule is Cc1ccc(C(=O)N2CCN(C)C(=O)C2)cc1C. The highest BCUT2D eigenvalue weighted by molar-refractivity contribution is 5.97. The van der Waals surface area contributed by atoms with Crippen LogP contribution in [0.5, 0.6) is 0 Å². The largest absolute Gasteiger partial charge is 0.342 e. The second-order valence-corrected chi connectivity index (χ2v) is 4.84. The van der Waals surface area contributed by atoms with E-state index in [9.17, 15) is 9.59 Å². The van der Waals surface area contributed by atoms with Crippen LogP contribution in [0, 0.1) is 13.8 Å². The molecule has 0 spiro atoms. The van der Waals surface area contributed by atoms with Crippen LogP contribution in [-0.2, 0) is 4.79 Å². The lowest BCUT2D eigenvalue weighted by Crippen LogP contribution is -2.50. The molecule has 0 aromatic heterocycles. The lowest BCUT2D eigenvalue weighted by atomic mass is 10.1. The second-order valence-electron chi connectivity index (χ2n) is 4.84. The van der Waals surface area contributed by atoms with Crippen molar-refractivity contribution in [1.29, 1.82) is 0 Å². The number of benzene rings is 1. The Morgan fingerprint density at radius 3 is 2.50 bits per heavy atom. The summed E-state index contributed by atoms with van der Waals surface area (Å²) in [5.74, 6) is -0.0574. The minimum absolute atomic E-state index is 0.00145. The third-order valence-corrected chi connectivity index (χ3v) is 3.50. The van der Waals surface area contributed by atoms with Crippen LogP contribution in [0.4, 0.5) is 0 Å². The summed E-state index contributed by atoms with van der Waals surface area (Å²) >= 11 is 0. The van der Waals surface area contributed by atoms with Gasteiger partial charge in [-0.1, -0.05) is 6.07 Å². The zero-order chi connectivity index (χ0) is 13.3. The van der Waals surface area contributed by atoms with E-state index in [0.29, 0.717) is 18.7 Å². The van der Waals surface area contributed by atoms with E-state index in [0.717, 1.165) is 5.56 Å². The number of rotatable bonds is 1. The van der Waals surface area contributed by atoms with Crippen molar-refractivity contribution in [2.45, 2.75) is 13.8 Å². The minimum atomic E-state index is -0.0560. The van der Waals surface area contributed by atoms with Crippen LogP contribution < -0.4 is 0 Å². The fraction of sp³-hybridized carbons (Fsp3) is 0.429. The molecule has 2 rings (SSSR count). The molecule has 2 amide bonds. The first-order valence-electron chi connectivity index (χ1n) is 6.09. The van der Waals surface area contributed by atoms with Gasteiger partial charge in [-0.05, 0) is 37.1 Å². The molecule has 0 unspecified atom stereocenters. The molecule has 1 aromatic rings. The van der Waals surface area contributed by atoms with Gasteiger partial charge in [-0.15, -0.1) is 0 Å². The summed E-state index contributed by atoms with van der Waals surface area (Å²) in [6.45, 7) is 5.40. The predicted octanol–water partition coefficient (Wildman–Crippen LogP) is 1.22. The van der Waals surface area contributed by atoms with E-state index in [1.54, 1.807) is 16.8 Å². The van der Waals surface area contributed by atoms with Crippen LogP contribution in [0.3, 0.4) is 0 Å². The third kappa shape index (κ3) is 2.37. The average Bonchev–Trinajstić information content (AvgIpc) is 2.35. The number of amides is 2. The van der Waals surface area contributed by atoms with Crippen LogP contribution in [0.25, 0.3) is 0 Å². The maximum atomic E-state index is 12.3. The Balaban J connectivity index is 2.16. The average molecular weight is 246 g/mol.